The standard InChI is InChI=1S/C23H33N9O2/c1-5-16(3)34-23-28-20(24)22-27-13-18(32(22)29-23)11-17-10-15(2)21(26-12-17)31-8-6-30(7-9-31)19(33)14-25-4/h10,12-13,16,25H,5-9,11,14H2,1-4H3,(H2,24,28,29). The Labute approximate surface area is 199 Å². The van der Waals surface area contributed by atoms with Gasteiger partial charge in [-0.15, -0.1) is 5.10 Å². The van der Waals surface area contributed by atoms with Crippen LogP contribution in [-0.2, 0) is 11.2 Å². The van der Waals surface area contributed by atoms with Crippen LogP contribution in [0.5, 0.6) is 6.01 Å². The highest BCUT2D eigenvalue weighted by molar-refractivity contribution is 5.78. The quantitative estimate of drug-likeness (QED) is 0.500. The smallest absolute Gasteiger partial charge is 0.336 e. The van der Waals surface area contributed by atoms with Crippen LogP contribution in [0.15, 0.2) is 18.5 Å². The Morgan fingerprint density at radius 3 is 2.68 bits per heavy atom. The average Bonchev–Trinajstić information content (AvgIpc) is 3.22. The van der Waals surface area contributed by atoms with E-state index in [4.69, 9.17) is 15.5 Å². The first kappa shape index (κ1) is 23.7. The number of imidazole rings is 1. The first-order valence-electron chi connectivity index (χ1n) is 11.7. The summed E-state index contributed by atoms with van der Waals surface area (Å²) in [6.45, 7) is 9.39. The molecule has 1 amide bonds. The lowest BCUT2D eigenvalue weighted by Gasteiger charge is -2.36. The maximum Gasteiger partial charge on any atom is 0.336 e. The number of pyridine rings is 1. The molecular weight excluding hydrogens is 434 g/mol. The van der Waals surface area contributed by atoms with E-state index in [-0.39, 0.29) is 23.8 Å². The van der Waals surface area contributed by atoms with Crippen molar-refractivity contribution in [2.24, 2.45) is 0 Å². The van der Waals surface area contributed by atoms with Crippen molar-refractivity contribution in [2.45, 2.75) is 39.7 Å². The maximum absolute atomic E-state index is 12.1. The molecule has 0 aromatic carbocycles. The van der Waals surface area contributed by atoms with Crippen LogP contribution in [0.1, 0.15) is 37.1 Å². The molecule has 1 saturated heterocycles. The van der Waals surface area contributed by atoms with Gasteiger partial charge in [-0.2, -0.15) is 4.98 Å². The van der Waals surface area contributed by atoms with Crippen molar-refractivity contribution in [3.05, 3.63) is 35.3 Å². The molecule has 11 nitrogen and oxygen atoms in total. The fourth-order valence-electron chi connectivity index (χ4n) is 4.06. The van der Waals surface area contributed by atoms with Crippen molar-refractivity contribution in [3.8, 4) is 6.01 Å². The molecule has 1 fully saturated rings. The molecule has 1 atom stereocenters. The first-order chi connectivity index (χ1) is 16.4. The van der Waals surface area contributed by atoms with Crippen LogP contribution in [0.3, 0.4) is 0 Å². The van der Waals surface area contributed by atoms with Gasteiger partial charge in [0.2, 0.25) is 5.91 Å². The van der Waals surface area contributed by atoms with Crippen LogP contribution in [0.25, 0.3) is 5.65 Å². The predicted molar refractivity (Wildman–Crippen MR) is 130 cm³/mol. The third kappa shape index (κ3) is 5.04. The van der Waals surface area contributed by atoms with Crippen LogP contribution in [0.2, 0.25) is 0 Å². The number of rotatable bonds is 8. The fourth-order valence-corrected chi connectivity index (χ4v) is 4.06. The molecule has 1 unspecified atom stereocenters. The number of aryl methyl sites for hydroxylation is 1. The number of nitrogens with one attached hydrogen (secondary N) is 1. The minimum absolute atomic E-state index is 0.00786. The summed E-state index contributed by atoms with van der Waals surface area (Å²) in [7, 11) is 1.79. The molecule has 0 radical (unpaired) electrons. The van der Waals surface area contributed by atoms with E-state index >= 15 is 0 Å². The molecule has 0 saturated carbocycles. The minimum Gasteiger partial charge on any atom is -0.459 e. The number of likely N-dealkylation sites (N-methyl/N-ethyl adjacent to an activating group) is 1. The van der Waals surface area contributed by atoms with Crippen LogP contribution >= 0.6 is 0 Å². The molecule has 0 spiro atoms. The average molecular weight is 468 g/mol. The minimum atomic E-state index is -0.00786. The molecule has 0 aliphatic carbocycles. The van der Waals surface area contributed by atoms with Crippen molar-refractivity contribution >= 4 is 23.2 Å². The number of hydrogen-bond acceptors (Lipinski definition) is 9. The highest BCUT2D eigenvalue weighted by Gasteiger charge is 2.22. The number of nitrogen functional groups attached to an aromatic ring is 1. The SMILES string of the molecule is CCC(C)Oc1nc(N)c2ncc(Cc3cnc(N4CCN(C(=O)CNC)CC4)c(C)c3)n2n1. The number of aromatic nitrogens is 5. The number of carbonyl (C=O) groups is 1. The number of hydrogen-bond donors (Lipinski definition) is 2. The highest BCUT2D eigenvalue weighted by atomic mass is 16.5. The molecule has 1 aliphatic heterocycles. The number of anilines is 2. The van der Waals surface area contributed by atoms with Crippen LogP contribution in [0, 0.1) is 6.92 Å². The lowest BCUT2D eigenvalue weighted by Crippen LogP contribution is -2.51. The number of piperazine rings is 1. The topological polar surface area (TPSA) is 127 Å². The second-order valence-electron chi connectivity index (χ2n) is 8.66. The molecule has 3 aromatic rings. The Bertz CT molecular complexity index is 1150. The summed E-state index contributed by atoms with van der Waals surface area (Å²) in [5, 5.41) is 7.43. The Hall–Kier alpha value is -3.47. The molecule has 3 aromatic heterocycles. The van der Waals surface area contributed by atoms with Gasteiger partial charge in [0.25, 0.3) is 0 Å². The molecule has 182 valence electrons. The van der Waals surface area contributed by atoms with Gasteiger partial charge in [0.05, 0.1) is 24.5 Å². The summed E-state index contributed by atoms with van der Waals surface area (Å²) in [6, 6.07) is 2.39. The second kappa shape index (κ2) is 10.2. The van der Waals surface area contributed by atoms with E-state index in [9.17, 15) is 4.79 Å². The molecule has 34 heavy (non-hydrogen) atoms. The number of fused-ring (bicyclic) bond motifs is 1. The summed E-state index contributed by atoms with van der Waals surface area (Å²) < 4.78 is 7.47. The lowest BCUT2D eigenvalue weighted by atomic mass is 10.1. The molecule has 1 aliphatic rings. The van der Waals surface area contributed by atoms with Crippen molar-refractivity contribution in [1.29, 1.82) is 0 Å². The third-order valence-electron chi connectivity index (χ3n) is 6.07. The van der Waals surface area contributed by atoms with Gasteiger partial charge in [-0.05, 0) is 38.4 Å². The van der Waals surface area contributed by atoms with Crippen LogP contribution in [0.4, 0.5) is 11.6 Å². The molecule has 4 heterocycles. The Balaban J connectivity index is 1.48. The number of carbonyl (C=O) groups excluding carboxylic acids is 1. The summed E-state index contributed by atoms with van der Waals surface area (Å²) in [6.07, 6.45) is 5.09. The number of nitrogens with zero attached hydrogens (tertiary/aromatic N) is 7. The predicted octanol–water partition coefficient (Wildman–Crippen LogP) is 1.05. The van der Waals surface area contributed by atoms with Crippen LogP contribution < -0.4 is 20.7 Å². The Kier molecular flexibility index (Phi) is 7.11. The highest BCUT2D eigenvalue weighted by Crippen LogP contribution is 2.22. The molecule has 4 rings (SSSR count). The van der Waals surface area contributed by atoms with Gasteiger partial charge >= 0.3 is 6.01 Å². The normalized spacial score (nSPS) is 15.1. The van der Waals surface area contributed by atoms with E-state index in [2.05, 4.69) is 38.3 Å². The number of nitrogens with two attached hydrogens (primary N) is 1. The van der Waals surface area contributed by atoms with E-state index in [1.807, 2.05) is 24.9 Å². The van der Waals surface area contributed by atoms with Crippen LogP contribution in [-0.4, -0.2) is 81.2 Å². The first-order valence-corrected chi connectivity index (χ1v) is 11.7. The summed E-state index contributed by atoms with van der Waals surface area (Å²) in [5.74, 6) is 1.38. The molecule has 3 N–H and O–H groups in total. The third-order valence-corrected chi connectivity index (χ3v) is 6.07. The van der Waals surface area contributed by atoms with Crippen molar-refractivity contribution in [3.63, 3.8) is 0 Å². The second-order valence-corrected chi connectivity index (χ2v) is 8.66. The summed E-state index contributed by atoms with van der Waals surface area (Å²) in [4.78, 5) is 29.6. The lowest BCUT2D eigenvalue weighted by molar-refractivity contribution is -0.130. The van der Waals surface area contributed by atoms with Gasteiger partial charge in [-0.3, -0.25) is 4.79 Å². The largest absolute Gasteiger partial charge is 0.459 e. The van der Waals surface area contributed by atoms with E-state index in [1.165, 1.54) is 0 Å². The van der Waals surface area contributed by atoms with Gasteiger partial charge in [0.1, 0.15) is 5.82 Å². The van der Waals surface area contributed by atoms with Gasteiger partial charge < -0.3 is 25.6 Å². The summed E-state index contributed by atoms with van der Waals surface area (Å²) >= 11 is 0. The zero-order chi connectivity index (χ0) is 24.2. The Morgan fingerprint density at radius 2 is 2.00 bits per heavy atom. The van der Waals surface area contributed by atoms with E-state index in [1.54, 1.807) is 17.8 Å². The maximum atomic E-state index is 12.1. The van der Waals surface area contributed by atoms with Gasteiger partial charge in [-0.1, -0.05) is 13.0 Å². The molecule has 11 heteroatoms. The fraction of sp³-hybridized carbons (Fsp3) is 0.522. The van der Waals surface area contributed by atoms with Crippen molar-refractivity contribution < 1.29 is 9.53 Å². The van der Waals surface area contributed by atoms with E-state index in [0.29, 0.717) is 31.7 Å². The van der Waals surface area contributed by atoms with Gasteiger partial charge in [-0.25, -0.2) is 14.5 Å². The number of ether oxygens (including phenoxy) is 1. The molecular formula is C23H33N9O2. The Morgan fingerprint density at radius 1 is 1.24 bits per heavy atom. The van der Waals surface area contributed by atoms with Crippen molar-refractivity contribution in [1.82, 2.24) is 34.8 Å². The van der Waals surface area contributed by atoms with Crippen molar-refractivity contribution in [2.75, 3.05) is 50.4 Å². The van der Waals surface area contributed by atoms with E-state index < -0.39 is 0 Å². The number of amides is 1. The summed E-state index contributed by atoms with van der Waals surface area (Å²) in [5.41, 5.74) is 9.63. The van der Waals surface area contributed by atoms with E-state index in [0.717, 1.165) is 42.1 Å². The van der Waals surface area contributed by atoms with Gasteiger partial charge in [0, 0.05) is 38.8 Å². The zero-order valence-corrected chi connectivity index (χ0v) is 20.3. The molecule has 0 bridgehead atoms. The monoisotopic (exact) mass is 467 g/mol. The van der Waals surface area contributed by atoms with Gasteiger partial charge in [0.15, 0.2) is 11.5 Å². The zero-order valence-electron chi connectivity index (χ0n) is 20.3.